The van der Waals surface area contributed by atoms with Crippen molar-refractivity contribution in [3.05, 3.63) is 33.8 Å². The monoisotopic (exact) mass is 297 g/mol. The van der Waals surface area contributed by atoms with Gasteiger partial charge in [-0.2, -0.15) is 0 Å². The van der Waals surface area contributed by atoms with Crippen molar-refractivity contribution in [1.29, 1.82) is 0 Å². The summed E-state index contributed by atoms with van der Waals surface area (Å²) in [5, 5.41) is 5.29. The predicted molar refractivity (Wildman–Crippen MR) is 82.2 cm³/mol. The van der Waals surface area contributed by atoms with Crippen molar-refractivity contribution in [1.82, 2.24) is 5.32 Å². The molecule has 2 fully saturated rings. The third-order valence-electron chi connectivity index (χ3n) is 4.62. The zero-order chi connectivity index (χ0) is 13.3. The van der Waals surface area contributed by atoms with Crippen molar-refractivity contribution in [2.24, 2.45) is 0 Å². The lowest BCUT2D eigenvalue weighted by Crippen LogP contribution is -2.41. The van der Waals surface area contributed by atoms with E-state index in [-0.39, 0.29) is 5.41 Å². The van der Waals surface area contributed by atoms with E-state index in [4.69, 9.17) is 23.2 Å². The number of halogens is 2. The molecule has 104 valence electrons. The maximum Gasteiger partial charge on any atom is 0.0458 e. The molecule has 3 rings (SSSR count). The van der Waals surface area contributed by atoms with Gasteiger partial charge in [0, 0.05) is 28.0 Å². The van der Waals surface area contributed by atoms with Crippen molar-refractivity contribution >= 4 is 23.2 Å². The summed E-state index contributed by atoms with van der Waals surface area (Å²) in [5.41, 5.74) is 1.52. The molecule has 1 aromatic carbocycles. The fourth-order valence-corrected chi connectivity index (χ4v) is 3.93. The summed E-state index contributed by atoms with van der Waals surface area (Å²) in [4.78, 5) is 0. The van der Waals surface area contributed by atoms with Gasteiger partial charge in [0.15, 0.2) is 0 Å². The zero-order valence-corrected chi connectivity index (χ0v) is 12.7. The fraction of sp³-hybridized carbons (Fsp3) is 0.625. The molecule has 0 aromatic heterocycles. The highest BCUT2D eigenvalue weighted by Crippen LogP contribution is 2.43. The Hall–Kier alpha value is -0.240. The molecule has 2 aliphatic carbocycles. The molecule has 0 radical (unpaired) electrons. The van der Waals surface area contributed by atoms with E-state index in [0.29, 0.717) is 0 Å². The molecule has 2 saturated carbocycles. The highest BCUT2D eigenvalue weighted by Gasteiger charge is 2.36. The Morgan fingerprint density at radius 1 is 1.11 bits per heavy atom. The van der Waals surface area contributed by atoms with Gasteiger partial charge >= 0.3 is 0 Å². The van der Waals surface area contributed by atoms with Gasteiger partial charge in [-0.15, -0.1) is 0 Å². The Bertz CT molecular complexity index is 448. The van der Waals surface area contributed by atoms with Crippen LogP contribution in [0.5, 0.6) is 0 Å². The molecule has 0 aliphatic heterocycles. The minimum absolute atomic E-state index is 0.225. The Morgan fingerprint density at radius 2 is 1.84 bits per heavy atom. The van der Waals surface area contributed by atoms with Gasteiger partial charge in [-0.1, -0.05) is 48.5 Å². The summed E-state index contributed by atoms with van der Waals surface area (Å²) in [6.45, 7) is 1.07. The van der Waals surface area contributed by atoms with E-state index in [1.54, 1.807) is 0 Å². The molecule has 0 saturated heterocycles. The summed E-state index contributed by atoms with van der Waals surface area (Å²) in [6, 6.07) is 6.78. The van der Waals surface area contributed by atoms with Crippen LogP contribution in [0.3, 0.4) is 0 Å². The Balaban J connectivity index is 1.87. The van der Waals surface area contributed by atoms with E-state index in [2.05, 4.69) is 11.4 Å². The topological polar surface area (TPSA) is 12.0 Å². The fourth-order valence-electron chi connectivity index (χ4n) is 3.32. The molecular formula is C16H21Cl2N. The van der Waals surface area contributed by atoms with Crippen LogP contribution in [-0.4, -0.2) is 12.6 Å². The van der Waals surface area contributed by atoms with Crippen molar-refractivity contribution in [3.63, 3.8) is 0 Å². The summed E-state index contributed by atoms with van der Waals surface area (Å²) in [5.74, 6) is 0. The predicted octanol–water partition coefficient (Wildman–Crippen LogP) is 4.95. The van der Waals surface area contributed by atoms with Gasteiger partial charge in [0.1, 0.15) is 0 Å². The first kappa shape index (κ1) is 13.7. The average molecular weight is 298 g/mol. The number of hydrogen-bond acceptors (Lipinski definition) is 1. The average Bonchev–Trinajstić information content (AvgIpc) is 3.21. The zero-order valence-electron chi connectivity index (χ0n) is 11.2. The van der Waals surface area contributed by atoms with Gasteiger partial charge < -0.3 is 5.32 Å². The second-order valence-corrected chi connectivity index (χ2v) is 6.96. The molecule has 19 heavy (non-hydrogen) atoms. The quantitative estimate of drug-likeness (QED) is 0.829. The van der Waals surface area contributed by atoms with Crippen molar-refractivity contribution in [2.45, 2.75) is 56.4 Å². The Labute approximate surface area is 125 Å². The molecule has 0 amide bonds. The van der Waals surface area contributed by atoms with Crippen molar-refractivity contribution in [2.75, 3.05) is 6.54 Å². The molecule has 3 heteroatoms. The molecule has 0 bridgehead atoms. The molecule has 0 atom stereocenters. The van der Waals surface area contributed by atoms with Crippen LogP contribution in [0.15, 0.2) is 18.2 Å². The van der Waals surface area contributed by atoms with E-state index in [1.165, 1.54) is 50.5 Å². The summed E-state index contributed by atoms with van der Waals surface area (Å²) in [6.07, 6.45) is 9.14. The third kappa shape index (κ3) is 3.09. The first-order valence-electron chi connectivity index (χ1n) is 7.39. The lowest BCUT2D eigenvalue weighted by atomic mass is 9.69. The smallest absolute Gasteiger partial charge is 0.0458 e. The minimum atomic E-state index is 0.225. The largest absolute Gasteiger partial charge is 0.313 e. The van der Waals surface area contributed by atoms with E-state index >= 15 is 0 Å². The van der Waals surface area contributed by atoms with Crippen LogP contribution in [0, 0.1) is 0 Å². The number of rotatable bonds is 4. The Kier molecular flexibility index (Phi) is 4.07. The van der Waals surface area contributed by atoms with E-state index in [9.17, 15) is 0 Å². The summed E-state index contributed by atoms with van der Waals surface area (Å²) < 4.78 is 0. The highest BCUT2D eigenvalue weighted by molar-refractivity contribution is 6.35. The normalized spacial score (nSPS) is 22.4. The first-order valence-corrected chi connectivity index (χ1v) is 8.14. The van der Waals surface area contributed by atoms with Crippen LogP contribution >= 0.6 is 23.2 Å². The number of benzene rings is 1. The molecule has 1 N–H and O–H groups in total. The molecule has 1 nitrogen and oxygen atoms in total. The van der Waals surface area contributed by atoms with Crippen LogP contribution in [0.4, 0.5) is 0 Å². The van der Waals surface area contributed by atoms with E-state index < -0.39 is 0 Å². The summed E-state index contributed by atoms with van der Waals surface area (Å²) >= 11 is 12.5. The molecule has 0 spiro atoms. The molecule has 0 unspecified atom stereocenters. The minimum Gasteiger partial charge on any atom is -0.313 e. The second-order valence-electron chi connectivity index (χ2n) is 6.12. The number of nitrogens with one attached hydrogen (secondary N) is 1. The van der Waals surface area contributed by atoms with Gasteiger partial charge in [-0.05, 0) is 43.4 Å². The van der Waals surface area contributed by atoms with Gasteiger partial charge in [-0.25, -0.2) is 0 Å². The van der Waals surface area contributed by atoms with Crippen LogP contribution in [0.25, 0.3) is 0 Å². The number of hydrogen-bond donors (Lipinski definition) is 1. The van der Waals surface area contributed by atoms with Crippen LogP contribution in [-0.2, 0) is 5.41 Å². The first-order chi connectivity index (χ1) is 9.20. The third-order valence-corrected chi connectivity index (χ3v) is 5.17. The van der Waals surface area contributed by atoms with Crippen LogP contribution in [0.2, 0.25) is 10.0 Å². The maximum absolute atomic E-state index is 6.47. The molecule has 1 aromatic rings. The molecule has 2 aliphatic rings. The van der Waals surface area contributed by atoms with Crippen LogP contribution in [0.1, 0.15) is 50.5 Å². The SMILES string of the molecule is Clc1ccc(C2(CNC3CC3)CCCCC2)c(Cl)c1. The second kappa shape index (κ2) is 5.63. The highest BCUT2D eigenvalue weighted by atomic mass is 35.5. The Morgan fingerprint density at radius 3 is 2.47 bits per heavy atom. The standard InChI is InChI=1S/C16H21Cl2N/c17-12-4-7-14(15(18)10-12)16(8-2-1-3-9-16)11-19-13-5-6-13/h4,7,10,13,19H,1-3,5-6,8-9,11H2. The van der Waals surface area contributed by atoms with Gasteiger partial charge in [0.05, 0.1) is 0 Å². The van der Waals surface area contributed by atoms with Gasteiger partial charge in [-0.3, -0.25) is 0 Å². The summed E-state index contributed by atoms with van der Waals surface area (Å²) in [7, 11) is 0. The van der Waals surface area contributed by atoms with Crippen molar-refractivity contribution < 1.29 is 0 Å². The lowest BCUT2D eigenvalue weighted by Gasteiger charge is -2.39. The maximum atomic E-state index is 6.47. The van der Waals surface area contributed by atoms with Crippen LogP contribution < -0.4 is 5.32 Å². The molecule has 0 heterocycles. The van der Waals surface area contributed by atoms with Crippen molar-refractivity contribution in [3.8, 4) is 0 Å². The van der Waals surface area contributed by atoms with E-state index in [1.807, 2.05) is 12.1 Å². The molecular weight excluding hydrogens is 277 g/mol. The van der Waals surface area contributed by atoms with Gasteiger partial charge in [0.25, 0.3) is 0 Å². The lowest BCUT2D eigenvalue weighted by molar-refractivity contribution is 0.279. The van der Waals surface area contributed by atoms with E-state index in [0.717, 1.165) is 22.6 Å². The van der Waals surface area contributed by atoms with Gasteiger partial charge in [0.2, 0.25) is 0 Å².